The Balaban J connectivity index is 1.43. The number of benzene rings is 2. The number of carbonyl (C=O) groups excluding carboxylic acids is 1. The third kappa shape index (κ3) is 5.58. The highest BCUT2D eigenvalue weighted by atomic mass is 19.2. The van der Waals surface area contributed by atoms with Gasteiger partial charge in [-0.05, 0) is 42.5 Å². The SMILES string of the molecule is NC(Cc1ccccc1)C(=O)NC1CCN(Cc2ccc(F)c(F)c2)CC1. The molecule has 1 heterocycles. The van der Waals surface area contributed by atoms with Gasteiger partial charge in [-0.1, -0.05) is 36.4 Å². The fourth-order valence-corrected chi connectivity index (χ4v) is 3.40. The fraction of sp³-hybridized carbons (Fsp3) is 0.381. The van der Waals surface area contributed by atoms with Crippen LogP contribution in [0.5, 0.6) is 0 Å². The maximum absolute atomic E-state index is 13.3. The smallest absolute Gasteiger partial charge is 0.237 e. The van der Waals surface area contributed by atoms with Gasteiger partial charge in [0.15, 0.2) is 11.6 Å². The molecule has 1 saturated heterocycles. The quantitative estimate of drug-likeness (QED) is 0.818. The van der Waals surface area contributed by atoms with E-state index < -0.39 is 17.7 Å². The predicted molar refractivity (Wildman–Crippen MR) is 101 cm³/mol. The Bertz CT molecular complexity index is 761. The fourth-order valence-electron chi connectivity index (χ4n) is 3.40. The molecule has 2 aromatic rings. The molecule has 1 fully saturated rings. The first kappa shape index (κ1) is 19.5. The number of amides is 1. The molecule has 0 radical (unpaired) electrons. The lowest BCUT2D eigenvalue weighted by molar-refractivity contribution is -0.123. The molecule has 0 aromatic heterocycles. The number of hydrogen-bond acceptors (Lipinski definition) is 3. The zero-order chi connectivity index (χ0) is 19.2. The number of piperidine rings is 1. The van der Waals surface area contributed by atoms with E-state index in [1.807, 2.05) is 30.3 Å². The Kier molecular flexibility index (Phi) is 6.53. The van der Waals surface area contributed by atoms with Crippen LogP contribution in [0.25, 0.3) is 0 Å². The van der Waals surface area contributed by atoms with E-state index in [0.717, 1.165) is 43.1 Å². The molecular weight excluding hydrogens is 348 g/mol. The van der Waals surface area contributed by atoms with Crippen molar-refractivity contribution in [1.29, 1.82) is 0 Å². The third-order valence-electron chi connectivity index (χ3n) is 4.96. The van der Waals surface area contributed by atoms with Crippen molar-refractivity contribution >= 4 is 5.91 Å². The Morgan fingerprint density at radius 2 is 1.78 bits per heavy atom. The molecule has 0 bridgehead atoms. The lowest BCUT2D eigenvalue weighted by atomic mass is 10.0. The normalized spacial score (nSPS) is 16.9. The summed E-state index contributed by atoms with van der Waals surface area (Å²) in [6.07, 6.45) is 2.14. The minimum absolute atomic E-state index is 0.0977. The molecule has 1 amide bonds. The highest BCUT2D eigenvalue weighted by Gasteiger charge is 2.23. The summed E-state index contributed by atoms with van der Waals surface area (Å²) < 4.78 is 26.3. The number of nitrogens with zero attached hydrogens (tertiary/aromatic N) is 1. The van der Waals surface area contributed by atoms with Gasteiger partial charge in [-0.3, -0.25) is 9.69 Å². The summed E-state index contributed by atoms with van der Waals surface area (Å²) in [6.45, 7) is 2.15. The summed E-state index contributed by atoms with van der Waals surface area (Å²) in [5.74, 6) is -1.77. The Morgan fingerprint density at radius 3 is 2.44 bits per heavy atom. The summed E-state index contributed by atoms with van der Waals surface area (Å²) in [7, 11) is 0. The minimum atomic E-state index is -0.827. The van der Waals surface area contributed by atoms with Crippen molar-refractivity contribution in [2.75, 3.05) is 13.1 Å². The van der Waals surface area contributed by atoms with E-state index in [2.05, 4.69) is 10.2 Å². The molecule has 2 aromatic carbocycles. The second-order valence-electron chi connectivity index (χ2n) is 7.10. The van der Waals surface area contributed by atoms with Crippen LogP contribution in [0.15, 0.2) is 48.5 Å². The lowest BCUT2D eigenvalue weighted by Gasteiger charge is -2.32. The van der Waals surface area contributed by atoms with Crippen molar-refractivity contribution in [3.05, 3.63) is 71.3 Å². The van der Waals surface area contributed by atoms with Crippen molar-refractivity contribution in [3.8, 4) is 0 Å². The zero-order valence-electron chi connectivity index (χ0n) is 15.2. The summed E-state index contributed by atoms with van der Waals surface area (Å²) in [4.78, 5) is 14.5. The van der Waals surface area contributed by atoms with Crippen LogP contribution in [0.1, 0.15) is 24.0 Å². The summed E-state index contributed by atoms with van der Waals surface area (Å²) in [5.41, 5.74) is 7.83. The van der Waals surface area contributed by atoms with Gasteiger partial charge in [0, 0.05) is 25.7 Å². The van der Waals surface area contributed by atoms with Crippen LogP contribution < -0.4 is 11.1 Å². The molecule has 0 saturated carbocycles. The van der Waals surface area contributed by atoms with E-state index in [9.17, 15) is 13.6 Å². The second kappa shape index (κ2) is 9.06. The molecule has 6 heteroatoms. The van der Waals surface area contributed by atoms with Gasteiger partial charge >= 0.3 is 0 Å². The highest BCUT2D eigenvalue weighted by molar-refractivity contribution is 5.82. The van der Waals surface area contributed by atoms with Gasteiger partial charge in [0.25, 0.3) is 0 Å². The summed E-state index contributed by atoms with van der Waals surface area (Å²) in [5, 5.41) is 3.04. The second-order valence-corrected chi connectivity index (χ2v) is 7.10. The number of nitrogens with one attached hydrogen (secondary N) is 1. The number of halogens is 2. The van der Waals surface area contributed by atoms with Gasteiger partial charge in [0.05, 0.1) is 6.04 Å². The molecule has 1 aliphatic rings. The molecule has 0 aliphatic carbocycles. The van der Waals surface area contributed by atoms with Crippen LogP contribution in [-0.4, -0.2) is 36.0 Å². The molecule has 144 valence electrons. The average molecular weight is 373 g/mol. The van der Waals surface area contributed by atoms with Crippen molar-refractivity contribution < 1.29 is 13.6 Å². The standard InChI is InChI=1S/C21H25F2N3O/c22-18-7-6-16(12-19(18)23)14-26-10-8-17(9-11-26)25-21(27)20(24)13-15-4-2-1-3-5-15/h1-7,12,17,20H,8-11,13-14,24H2,(H,25,27). The molecule has 1 atom stereocenters. The topological polar surface area (TPSA) is 58.4 Å². The van der Waals surface area contributed by atoms with Gasteiger partial charge in [-0.15, -0.1) is 0 Å². The first-order valence-electron chi connectivity index (χ1n) is 9.27. The van der Waals surface area contributed by atoms with Crippen LogP contribution >= 0.6 is 0 Å². The number of hydrogen-bond donors (Lipinski definition) is 2. The van der Waals surface area contributed by atoms with Gasteiger partial charge < -0.3 is 11.1 Å². The molecule has 0 spiro atoms. The third-order valence-corrected chi connectivity index (χ3v) is 4.96. The molecule has 3 N–H and O–H groups in total. The predicted octanol–water partition coefficient (Wildman–Crippen LogP) is 2.62. The van der Waals surface area contributed by atoms with E-state index in [4.69, 9.17) is 5.73 Å². The zero-order valence-corrected chi connectivity index (χ0v) is 15.2. The Morgan fingerprint density at radius 1 is 1.07 bits per heavy atom. The molecular formula is C21H25F2N3O. The van der Waals surface area contributed by atoms with Gasteiger partial charge in [-0.2, -0.15) is 0 Å². The van der Waals surface area contributed by atoms with Crippen LogP contribution in [-0.2, 0) is 17.8 Å². The van der Waals surface area contributed by atoms with Crippen LogP contribution in [0, 0.1) is 11.6 Å². The Labute approximate surface area is 158 Å². The maximum Gasteiger partial charge on any atom is 0.237 e. The minimum Gasteiger partial charge on any atom is -0.352 e. The van der Waals surface area contributed by atoms with Crippen molar-refractivity contribution in [3.63, 3.8) is 0 Å². The largest absolute Gasteiger partial charge is 0.352 e. The monoisotopic (exact) mass is 373 g/mol. The lowest BCUT2D eigenvalue weighted by Crippen LogP contribution is -2.50. The molecule has 27 heavy (non-hydrogen) atoms. The molecule has 1 unspecified atom stereocenters. The van der Waals surface area contributed by atoms with Gasteiger partial charge in [-0.25, -0.2) is 8.78 Å². The molecule has 1 aliphatic heterocycles. The van der Waals surface area contributed by atoms with Crippen LogP contribution in [0.4, 0.5) is 8.78 Å². The number of nitrogens with two attached hydrogens (primary N) is 1. The maximum atomic E-state index is 13.3. The van der Waals surface area contributed by atoms with Gasteiger partial charge in [0.2, 0.25) is 5.91 Å². The van der Waals surface area contributed by atoms with Crippen molar-refractivity contribution in [2.45, 2.75) is 37.9 Å². The van der Waals surface area contributed by atoms with Crippen molar-refractivity contribution in [1.82, 2.24) is 10.2 Å². The molecule has 3 rings (SSSR count). The van der Waals surface area contributed by atoms with Gasteiger partial charge in [0.1, 0.15) is 0 Å². The van der Waals surface area contributed by atoms with Crippen molar-refractivity contribution in [2.24, 2.45) is 5.73 Å². The number of rotatable bonds is 6. The van der Waals surface area contributed by atoms with E-state index in [1.54, 1.807) is 6.07 Å². The summed E-state index contributed by atoms with van der Waals surface area (Å²) in [6, 6.07) is 13.3. The van der Waals surface area contributed by atoms with E-state index in [-0.39, 0.29) is 11.9 Å². The van der Waals surface area contributed by atoms with E-state index >= 15 is 0 Å². The van der Waals surface area contributed by atoms with Crippen LogP contribution in [0.2, 0.25) is 0 Å². The highest BCUT2D eigenvalue weighted by Crippen LogP contribution is 2.16. The van der Waals surface area contributed by atoms with Crippen LogP contribution in [0.3, 0.4) is 0 Å². The van der Waals surface area contributed by atoms with E-state index in [0.29, 0.717) is 13.0 Å². The summed E-state index contributed by atoms with van der Waals surface area (Å²) >= 11 is 0. The van der Waals surface area contributed by atoms with E-state index in [1.165, 1.54) is 6.07 Å². The number of likely N-dealkylation sites (tertiary alicyclic amines) is 1. The Hall–Kier alpha value is -2.31. The first-order valence-corrected chi connectivity index (χ1v) is 9.27. The number of carbonyl (C=O) groups is 1. The average Bonchev–Trinajstić information content (AvgIpc) is 2.67. The first-order chi connectivity index (χ1) is 13.0. The molecule has 4 nitrogen and oxygen atoms in total.